The first-order valence-electron chi connectivity index (χ1n) is 13.3. The summed E-state index contributed by atoms with van der Waals surface area (Å²) in [5, 5.41) is 22.6. The van der Waals surface area contributed by atoms with Crippen molar-refractivity contribution in [2.24, 2.45) is 0 Å². The Labute approximate surface area is 250 Å². The summed E-state index contributed by atoms with van der Waals surface area (Å²) < 4.78 is 61.5. The first-order valence-corrected chi connectivity index (χ1v) is 16.3. The third-order valence-electron chi connectivity index (χ3n) is 7.58. The van der Waals surface area contributed by atoms with Crippen LogP contribution in [0.2, 0.25) is 0 Å². The summed E-state index contributed by atoms with van der Waals surface area (Å²) in [7, 11) is -10.1. The van der Waals surface area contributed by atoms with Crippen LogP contribution in [-0.2, 0) is 36.7 Å². The van der Waals surface area contributed by atoms with Gasteiger partial charge in [-0.15, -0.1) is 0 Å². The molecule has 0 aliphatic carbocycles. The van der Waals surface area contributed by atoms with Gasteiger partial charge in [-0.2, -0.15) is 0 Å². The number of nitrogens with zero attached hydrogens (tertiary/aromatic N) is 6. The van der Waals surface area contributed by atoms with E-state index in [1.54, 1.807) is 6.07 Å². The Morgan fingerprint density at radius 2 is 1.62 bits per heavy atom. The Hall–Kier alpha value is -3.17. The maximum atomic E-state index is 13.2. The van der Waals surface area contributed by atoms with Gasteiger partial charge in [-0.25, -0.2) is 29.1 Å². The number of H-pyrrole nitrogens is 1. The number of aliphatic hydroxyl groups excluding tert-OH is 2. The van der Waals surface area contributed by atoms with Crippen molar-refractivity contribution in [3.05, 3.63) is 41.1 Å². The molecule has 7 N–H and O–H groups in total. The molecule has 0 spiro atoms. The molecule has 3 saturated heterocycles. The van der Waals surface area contributed by atoms with Crippen molar-refractivity contribution in [2.45, 2.75) is 56.0 Å². The topological polar surface area (TPSA) is 291 Å². The lowest BCUT2D eigenvalue weighted by Crippen LogP contribution is -2.36. The molecule has 0 saturated carbocycles. The minimum Gasteiger partial charge on any atom is -0.387 e. The number of aliphatic hydroxyl groups is 2. The number of ether oxygens (including phenoxy) is 2. The molecule has 23 heteroatoms. The Kier molecular flexibility index (Phi) is 7.43. The molecule has 0 amide bonds. The summed E-state index contributed by atoms with van der Waals surface area (Å²) in [6.07, 6.45) is -8.45. The number of anilines is 1. The Bertz CT molecular complexity index is 1930. The molecule has 2 bridgehead atoms. The van der Waals surface area contributed by atoms with Crippen LogP contribution in [0.15, 0.2) is 29.7 Å². The summed E-state index contributed by atoms with van der Waals surface area (Å²) in [5.41, 5.74) is 5.50. The standard InChI is InChI=1S/C22H26N8O13P2/c1-8-27-19-12(20(33)28-8)26-7-30(19)22-16-13(31)10(40-22)4-38-44(34,35)42-15-11(5-39-45(36,37)43-16)41-21(14(15)32)29-3-2-9-17(23)24-6-25-18(9)29/h2-3,6-7,10-11,13-16,21-22,31-32H,4-5H2,1H3,(H,34,35)(H,36,37)(H2,23,24,25)(H,27,28,33)/t10-,11-,13?,14?,15+,16+,21-,22-/m1/s1. The third kappa shape index (κ3) is 5.39. The molecular formula is C22H26N8O13P2. The van der Waals surface area contributed by atoms with Gasteiger partial charge < -0.3 is 44.8 Å². The van der Waals surface area contributed by atoms with E-state index in [4.69, 9.17) is 33.3 Å². The van der Waals surface area contributed by atoms with Gasteiger partial charge in [0.2, 0.25) is 0 Å². The number of phosphoric ester groups is 2. The lowest BCUT2D eigenvalue weighted by atomic mass is 10.1. The van der Waals surface area contributed by atoms with E-state index in [0.717, 1.165) is 6.33 Å². The minimum absolute atomic E-state index is 0.00128. The average Bonchev–Trinajstić information content (AvgIpc) is 3.72. The Morgan fingerprint density at radius 1 is 0.933 bits per heavy atom. The highest BCUT2D eigenvalue weighted by Gasteiger charge is 2.53. The number of imidazole rings is 1. The maximum Gasteiger partial charge on any atom is 0.472 e. The van der Waals surface area contributed by atoms with Gasteiger partial charge in [0.1, 0.15) is 60.2 Å². The zero-order chi connectivity index (χ0) is 31.8. The van der Waals surface area contributed by atoms with E-state index in [1.165, 1.54) is 28.6 Å². The van der Waals surface area contributed by atoms with E-state index in [2.05, 4.69) is 24.9 Å². The molecule has 45 heavy (non-hydrogen) atoms. The van der Waals surface area contributed by atoms with Crippen LogP contribution in [0.25, 0.3) is 22.2 Å². The fraction of sp³-hybridized carbons (Fsp3) is 0.500. The van der Waals surface area contributed by atoms with Crippen molar-refractivity contribution in [2.75, 3.05) is 18.9 Å². The SMILES string of the molecule is Cc1nc2c(ncn2[C@@H]2O[C@@H]3COP(=O)(O)O[C@@H]4C(O)[C@H](n5ccc6c(N)ncnc65)O[C@@H]4COP(=O)(O)O[C@H]2C3O)c(=O)[nH]1. The second-order valence-electron chi connectivity index (χ2n) is 10.5. The molecule has 21 nitrogen and oxygen atoms in total. The number of hydrogen-bond donors (Lipinski definition) is 6. The Morgan fingerprint density at radius 3 is 2.38 bits per heavy atom. The van der Waals surface area contributed by atoms with Crippen LogP contribution in [0.5, 0.6) is 0 Å². The lowest BCUT2D eigenvalue weighted by Gasteiger charge is -2.25. The largest absolute Gasteiger partial charge is 0.472 e. The van der Waals surface area contributed by atoms with Crippen molar-refractivity contribution >= 4 is 43.7 Å². The number of nitrogens with two attached hydrogens (primary N) is 1. The van der Waals surface area contributed by atoms with Crippen LogP contribution in [-0.4, -0.2) is 104 Å². The molecule has 10 atom stereocenters. The predicted octanol–water partition coefficient (Wildman–Crippen LogP) is -1.01. The van der Waals surface area contributed by atoms with Crippen molar-refractivity contribution in [3.63, 3.8) is 0 Å². The van der Waals surface area contributed by atoms with Gasteiger partial charge in [-0.1, -0.05) is 0 Å². The van der Waals surface area contributed by atoms with Gasteiger partial charge in [0, 0.05) is 6.20 Å². The van der Waals surface area contributed by atoms with E-state index in [1.807, 2.05) is 0 Å². The number of rotatable bonds is 2. The van der Waals surface area contributed by atoms with Crippen LogP contribution in [0, 0.1) is 6.92 Å². The summed E-state index contributed by atoms with van der Waals surface area (Å²) >= 11 is 0. The van der Waals surface area contributed by atoms with Crippen molar-refractivity contribution < 1.29 is 56.7 Å². The first kappa shape index (κ1) is 30.5. The average molecular weight is 672 g/mol. The molecular weight excluding hydrogens is 646 g/mol. The highest BCUT2D eigenvalue weighted by molar-refractivity contribution is 7.47. The van der Waals surface area contributed by atoms with Gasteiger partial charge in [0.05, 0.1) is 24.9 Å². The highest BCUT2D eigenvalue weighted by Crippen LogP contribution is 2.53. The molecule has 7 rings (SSSR count). The molecule has 3 fully saturated rings. The molecule has 7 heterocycles. The van der Waals surface area contributed by atoms with E-state index in [-0.39, 0.29) is 28.5 Å². The molecule has 4 aromatic heterocycles. The summed E-state index contributed by atoms with van der Waals surface area (Å²) in [4.78, 5) is 52.5. The van der Waals surface area contributed by atoms with Gasteiger partial charge >= 0.3 is 15.6 Å². The fourth-order valence-electron chi connectivity index (χ4n) is 5.53. The van der Waals surface area contributed by atoms with Gasteiger partial charge in [0.15, 0.2) is 23.6 Å². The number of aromatic nitrogens is 7. The number of aromatic amines is 1. The fourth-order valence-corrected chi connectivity index (χ4v) is 7.43. The lowest BCUT2D eigenvalue weighted by molar-refractivity contribution is -0.0671. The smallest absolute Gasteiger partial charge is 0.387 e. The number of phosphoric acid groups is 2. The third-order valence-corrected chi connectivity index (χ3v) is 9.55. The van der Waals surface area contributed by atoms with Crippen LogP contribution in [0.1, 0.15) is 18.3 Å². The normalized spacial score (nSPS) is 37.7. The molecule has 4 aromatic rings. The van der Waals surface area contributed by atoms with Gasteiger partial charge in [-0.3, -0.25) is 27.5 Å². The molecule has 4 unspecified atom stereocenters. The number of hydrogen-bond acceptors (Lipinski definition) is 16. The number of aryl methyl sites for hydroxylation is 1. The molecule has 3 aliphatic heterocycles. The van der Waals surface area contributed by atoms with Crippen molar-refractivity contribution in [1.29, 1.82) is 0 Å². The van der Waals surface area contributed by atoms with E-state index in [9.17, 15) is 33.9 Å². The predicted molar refractivity (Wildman–Crippen MR) is 146 cm³/mol. The van der Waals surface area contributed by atoms with Crippen LogP contribution in [0.3, 0.4) is 0 Å². The van der Waals surface area contributed by atoms with Crippen LogP contribution >= 0.6 is 15.6 Å². The second kappa shape index (κ2) is 11.0. The molecule has 242 valence electrons. The zero-order valence-electron chi connectivity index (χ0n) is 23.0. The molecule has 0 radical (unpaired) electrons. The summed E-state index contributed by atoms with van der Waals surface area (Å²) in [6, 6.07) is 1.57. The van der Waals surface area contributed by atoms with Crippen molar-refractivity contribution in [1.82, 2.24) is 34.1 Å². The van der Waals surface area contributed by atoms with Crippen molar-refractivity contribution in [3.8, 4) is 0 Å². The molecule has 0 aromatic carbocycles. The van der Waals surface area contributed by atoms with Crippen LogP contribution < -0.4 is 11.3 Å². The van der Waals surface area contributed by atoms with E-state index < -0.39 is 83.5 Å². The Balaban J connectivity index is 1.21. The van der Waals surface area contributed by atoms with Gasteiger partial charge in [-0.05, 0) is 13.0 Å². The number of fused-ring (bicyclic) bond motifs is 5. The monoisotopic (exact) mass is 672 g/mol. The second-order valence-corrected chi connectivity index (χ2v) is 13.3. The minimum atomic E-state index is -5.08. The van der Waals surface area contributed by atoms with Gasteiger partial charge in [0.25, 0.3) is 5.56 Å². The first-order chi connectivity index (χ1) is 21.3. The maximum absolute atomic E-state index is 13.2. The van der Waals surface area contributed by atoms with E-state index in [0.29, 0.717) is 5.39 Å². The highest BCUT2D eigenvalue weighted by atomic mass is 31.2. The zero-order valence-corrected chi connectivity index (χ0v) is 24.7. The molecule has 3 aliphatic rings. The number of nitrogen functional groups attached to an aromatic ring is 1. The van der Waals surface area contributed by atoms with Crippen LogP contribution in [0.4, 0.5) is 5.82 Å². The number of nitrogens with one attached hydrogen (secondary N) is 1. The quantitative estimate of drug-likeness (QED) is 0.139. The van der Waals surface area contributed by atoms with E-state index >= 15 is 0 Å². The summed E-state index contributed by atoms with van der Waals surface area (Å²) in [5.74, 6) is 0.371. The summed E-state index contributed by atoms with van der Waals surface area (Å²) in [6.45, 7) is -0.0655.